The van der Waals surface area contributed by atoms with Crippen molar-refractivity contribution in [1.29, 1.82) is 0 Å². The molecule has 0 aliphatic carbocycles. The second-order valence-corrected chi connectivity index (χ2v) is 5.18. The van der Waals surface area contributed by atoms with Gasteiger partial charge in [-0.25, -0.2) is 9.59 Å². The van der Waals surface area contributed by atoms with Crippen LogP contribution in [0.5, 0.6) is 0 Å². The molecule has 0 saturated carbocycles. The minimum atomic E-state index is -1.57. The Kier molecular flexibility index (Phi) is 3.33. The molecule has 0 amide bonds. The van der Waals surface area contributed by atoms with E-state index in [1.165, 1.54) is 6.07 Å². The Bertz CT molecular complexity index is 573. The van der Waals surface area contributed by atoms with Crippen LogP contribution in [0.1, 0.15) is 5.56 Å². The summed E-state index contributed by atoms with van der Waals surface area (Å²) >= 11 is 11.9. The van der Waals surface area contributed by atoms with Gasteiger partial charge >= 0.3 is 11.9 Å². The van der Waals surface area contributed by atoms with Crippen molar-refractivity contribution in [1.82, 2.24) is 5.32 Å². The highest BCUT2D eigenvalue weighted by molar-refractivity contribution is 6.34. The molecule has 2 fully saturated rings. The molecule has 2 heterocycles. The monoisotopic (exact) mass is 317 g/mol. The van der Waals surface area contributed by atoms with Crippen LogP contribution in [0, 0.1) is 0 Å². The number of halogens is 2. The number of fused-ring (bicyclic) bond motifs is 1. The third-order valence-electron chi connectivity index (χ3n) is 2.99. The summed E-state index contributed by atoms with van der Waals surface area (Å²) < 4.78 is 15.8. The summed E-state index contributed by atoms with van der Waals surface area (Å²) in [5.41, 5.74) is 0.396. The minimum Gasteiger partial charge on any atom is -0.430 e. The molecule has 0 bridgehead atoms. The number of carbonyl (C=O) groups is 2. The lowest BCUT2D eigenvalue weighted by atomic mass is 10.0. The first-order chi connectivity index (χ1) is 9.51. The molecule has 20 heavy (non-hydrogen) atoms. The maximum absolute atomic E-state index is 11.5. The Labute approximate surface area is 123 Å². The number of rotatable bonds is 1. The molecule has 0 spiro atoms. The van der Waals surface area contributed by atoms with Crippen molar-refractivity contribution in [3.63, 3.8) is 0 Å². The number of hydrogen-bond acceptors (Lipinski definition) is 6. The van der Waals surface area contributed by atoms with Crippen LogP contribution in [0.3, 0.4) is 0 Å². The van der Waals surface area contributed by atoms with E-state index in [1.807, 2.05) is 0 Å². The zero-order valence-corrected chi connectivity index (χ0v) is 11.5. The molecule has 1 aromatic carbocycles. The number of ether oxygens (including phenoxy) is 3. The predicted molar refractivity (Wildman–Crippen MR) is 68.1 cm³/mol. The summed E-state index contributed by atoms with van der Waals surface area (Å²) in [6, 6.07) is 4.62. The van der Waals surface area contributed by atoms with Crippen molar-refractivity contribution >= 4 is 35.1 Å². The average Bonchev–Trinajstić information content (AvgIpc) is 2.39. The maximum atomic E-state index is 11.5. The molecule has 2 saturated heterocycles. The smallest absolute Gasteiger partial charge is 0.420 e. The summed E-state index contributed by atoms with van der Waals surface area (Å²) in [6.45, 7) is 0.719. The Morgan fingerprint density at radius 2 is 1.85 bits per heavy atom. The molecule has 8 heteroatoms. The van der Waals surface area contributed by atoms with Crippen LogP contribution < -0.4 is 5.32 Å². The normalized spacial score (nSPS) is 29.4. The standard InChI is InChI=1S/C12H9Cl2NO5/c13-7-3-6(4-8(14)5-7)12-11(15-1-2-18-12)19-9(16)10(17)20-12/h3-5,11,15H,1-2H2. The molecule has 2 unspecified atom stereocenters. The molecular formula is C12H9Cl2NO5. The van der Waals surface area contributed by atoms with Gasteiger partial charge in [0, 0.05) is 22.2 Å². The lowest BCUT2D eigenvalue weighted by Gasteiger charge is -2.44. The van der Waals surface area contributed by atoms with Gasteiger partial charge < -0.3 is 14.2 Å². The summed E-state index contributed by atoms with van der Waals surface area (Å²) in [4.78, 5) is 22.8. The van der Waals surface area contributed by atoms with Crippen molar-refractivity contribution < 1.29 is 23.8 Å². The van der Waals surface area contributed by atoms with Crippen molar-refractivity contribution in [2.75, 3.05) is 13.2 Å². The fourth-order valence-corrected chi connectivity index (χ4v) is 2.71. The molecular weight excluding hydrogens is 309 g/mol. The van der Waals surface area contributed by atoms with Gasteiger partial charge in [0.25, 0.3) is 5.79 Å². The predicted octanol–water partition coefficient (Wildman–Crippen LogP) is 1.19. The number of hydrogen-bond donors (Lipinski definition) is 1. The molecule has 1 N–H and O–H groups in total. The first-order valence-corrected chi connectivity index (χ1v) is 6.55. The van der Waals surface area contributed by atoms with Crippen LogP contribution in [0.4, 0.5) is 0 Å². The van der Waals surface area contributed by atoms with E-state index in [0.717, 1.165) is 0 Å². The number of carbonyl (C=O) groups excluding carboxylic acids is 2. The zero-order chi connectivity index (χ0) is 14.3. The van der Waals surface area contributed by atoms with Gasteiger partial charge in [-0.05, 0) is 18.2 Å². The zero-order valence-electron chi connectivity index (χ0n) is 10.0. The summed E-state index contributed by atoms with van der Waals surface area (Å²) in [5, 5.41) is 3.62. The van der Waals surface area contributed by atoms with E-state index in [4.69, 9.17) is 37.4 Å². The van der Waals surface area contributed by atoms with E-state index in [1.54, 1.807) is 12.1 Å². The molecule has 1 aromatic rings. The average molecular weight is 318 g/mol. The molecule has 2 atom stereocenters. The highest BCUT2D eigenvalue weighted by atomic mass is 35.5. The number of esters is 2. The van der Waals surface area contributed by atoms with Crippen molar-refractivity contribution in [2.45, 2.75) is 12.0 Å². The third-order valence-corrected chi connectivity index (χ3v) is 3.43. The second kappa shape index (κ2) is 4.89. The minimum absolute atomic E-state index is 0.269. The molecule has 2 aliphatic rings. The van der Waals surface area contributed by atoms with Crippen LogP contribution in [-0.2, 0) is 29.6 Å². The van der Waals surface area contributed by atoms with E-state index in [9.17, 15) is 9.59 Å². The van der Waals surface area contributed by atoms with Crippen molar-refractivity contribution in [3.05, 3.63) is 33.8 Å². The van der Waals surface area contributed by atoms with Crippen molar-refractivity contribution in [3.8, 4) is 0 Å². The van der Waals surface area contributed by atoms with Gasteiger partial charge in [-0.3, -0.25) is 5.32 Å². The van der Waals surface area contributed by atoms with E-state index in [0.29, 0.717) is 22.2 Å². The van der Waals surface area contributed by atoms with Crippen LogP contribution in [0.25, 0.3) is 0 Å². The largest absolute Gasteiger partial charge is 0.430 e. The molecule has 106 valence electrons. The van der Waals surface area contributed by atoms with E-state index < -0.39 is 24.0 Å². The van der Waals surface area contributed by atoms with Crippen LogP contribution in [0.2, 0.25) is 10.0 Å². The lowest BCUT2D eigenvalue weighted by molar-refractivity contribution is -0.319. The van der Waals surface area contributed by atoms with Gasteiger partial charge in [0.2, 0.25) is 6.23 Å². The first-order valence-electron chi connectivity index (χ1n) is 5.79. The first kappa shape index (κ1) is 13.6. The Hall–Kier alpha value is -1.34. The molecule has 3 rings (SSSR count). The summed E-state index contributed by atoms with van der Waals surface area (Å²) in [7, 11) is 0. The van der Waals surface area contributed by atoms with Gasteiger partial charge in [-0.15, -0.1) is 0 Å². The van der Waals surface area contributed by atoms with E-state index in [-0.39, 0.29) is 6.61 Å². The highest BCUT2D eigenvalue weighted by Crippen LogP contribution is 2.39. The number of morpholine rings is 1. The molecule has 0 radical (unpaired) electrons. The topological polar surface area (TPSA) is 73.9 Å². The van der Waals surface area contributed by atoms with E-state index >= 15 is 0 Å². The quantitative estimate of drug-likeness (QED) is 0.619. The maximum Gasteiger partial charge on any atom is 0.420 e. The second-order valence-electron chi connectivity index (χ2n) is 4.30. The van der Waals surface area contributed by atoms with E-state index in [2.05, 4.69) is 5.32 Å². The number of benzene rings is 1. The van der Waals surface area contributed by atoms with Crippen molar-refractivity contribution in [2.24, 2.45) is 0 Å². The third kappa shape index (κ3) is 2.14. The lowest BCUT2D eigenvalue weighted by Crippen LogP contribution is -2.63. The summed E-state index contributed by atoms with van der Waals surface area (Å²) in [6.07, 6.45) is -0.948. The summed E-state index contributed by atoms with van der Waals surface area (Å²) in [5.74, 6) is -3.77. The van der Waals surface area contributed by atoms with Gasteiger partial charge in [0.05, 0.1) is 6.61 Å². The molecule has 2 aliphatic heterocycles. The Balaban J connectivity index is 2.09. The molecule has 6 nitrogen and oxygen atoms in total. The molecule has 0 aromatic heterocycles. The van der Waals surface area contributed by atoms with Crippen LogP contribution in [0.15, 0.2) is 18.2 Å². The SMILES string of the molecule is O=C1OC2NCCOC2(c2cc(Cl)cc(Cl)c2)OC1=O. The van der Waals surface area contributed by atoms with Crippen LogP contribution in [-0.4, -0.2) is 31.3 Å². The Morgan fingerprint density at radius 3 is 2.55 bits per heavy atom. The highest BCUT2D eigenvalue weighted by Gasteiger charge is 2.55. The fraction of sp³-hybridized carbons (Fsp3) is 0.333. The fourth-order valence-electron chi connectivity index (χ4n) is 2.19. The van der Waals surface area contributed by atoms with Gasteiger partial charge in [-0.2, -0.15) is 0 Å². The number of nitrogens with one attached hydrogen (secondary N) is 1. The van der Waals surface area contributed by atoms with Gasteiger partial charge in [0.15, 0.2) is 0 Å². The van der Waals surface area contributed by atoms with Gasteiger partial charge in [-0.1, -0.05) is 23.2 Å². The Morgan fingerprint density at radius 1 is 1.15 bits per heavy atom. The van der Waals surface area contributed by atoms with Crippen LogP contribution >= 0.6 is 23.2 Å². The van der Waals surface area contributed by atoms with Gasteiger partial charge in [0.1, 0.15) is 0 Å².